The molecular formula is C20H26O2. The summed E-state index contributed by atoms with van der Waals surface area (Å²) < 4.78 is 5.58. The van der Waals surface area contributed by atoms with E-state index in [1.54, 1.807) is 0 Å². The van der Waals surface area contributed by atoms with Crippen molar-refractivity contribution < 1.29 is 9.53 Å². The highest BCUT2D eigenvalue weighted by Gasteiger charge is 2.55. The van der Waals surface area contributed by atoms with Gasteiger partial charge in [-0.1, -0.05) is 31.2 Å². The fraction of sp³-hybridized carbons (Fsp3) is 0.650. The van der Waals surface area contributed by atoms with Crippen LogP contribution in [-0.4, -0.2) is 19.0 Å². The van der Waals surface area contributed by atoms with Crippen LogP contribution in [0.15, 0.2) is 36.0 Å². The standard InChI is InChI=1S/C20H26O2/c1-3-20-11-10-15-16(18(20)8-9-19(20)21)7-5-13-4-6-14(22-2)12-17(13)15/h4-6,8-9,14-18H,3,7,10-12H2,1-2H3/t14?,15-,16+,17-,18-,20-/m0/s1. The number of rotatable bonds is 2. The van der Waals surface area contributed by atoms with Crippen molar-refractivity contribution in [3.8, 4) is 0 Å². The lowest BCUT2D eigenvalue weighted by atomic mass is 9.52. The average Bonchev–Trinajstić information content (AvgIpc) is 2.91. The van der Waals surface area contributed by atoms with E-state index in [2.05, 4.69) is 31.2 Å². The molecule has 2 heteroatoms. The van der Waals surface area contributed by atoms with Crippen LogP contribution >= 0.6 is 0 Å². The van der Waals surface area contributed by atoms with Gasteiger partial charge >= 0.3 is 0 Å². The van der Waals surface area contributed by atoms with E-state index in [0.29, 0.717) is 23.5 Å². The monoisotopic (exact) mass is 298 g/mol. The first-order chi connectivity index (χ1) is 10.7. The van der Waals surface area contributed by atoms with Gasteiger partial charge in [0.25, 0.3) is 0 Å². The van der Waals surface area contributed by atoms with Gasteiger partial charge in [-0.15, -0.1) is 0 Å². The molecule has 0 aromatic carbocycles. The van der Waals surface area contributed by atoms with E-state index in [4.69, 9.17) is 4.74 Å². The van der Waals surface area contributed by atoms with Crippen LogP contribution in [0.2, 0.25) is 0 Å². The van der Waals surface area contributed by atoms with Crippen molar-refractivity contribution in [2.24, 2.45) is 29.1 Å². The largest absolute Gasteiger partial charge is 0.377 e. The Balaban J connectivity index is 1.66. The summed E-state index contributed by atoms with van der Waals surface area (Å²) in [4.78, 5) is 12.5. The van der Waals surface area contributed by atoms with Gasteiger partial charge in [0.1, 0.15) is 0 Å². The first-order valence-corrected chi connectivity index (χ1v) is 8.83. The molecule has 0 aromatic heterocycles. The maximum absolute atomic E-state index is 12.5. The van der Waals surface area contributed by atoms with Crippen molar-refractivity contribution in [2.45, 2.75) is 45.1 Å². The molecule has 0 N–H and O–H groups in total. The van der Waals surface area contributed by atoms with Crippen molar-refractivity contribution in [3.63, 3.8) is 0 Å². The summed E-state index contributed by atoms with van der Waals surface area (Å²) in [5.74, 6) is 2.87. The molecule has 22 heavy (non-hydrogen) atoms. The van der Waals surface area contributed by atoms with Gasteiger partial charge in [0.05, 0.1) is 6.10 Å². The van der Waals surface area contributed by atoms with E-state index in [1.807, 2.05) is 13.2 Å². The van der Waals surface area contributed by atoms with Crippen LogP contribution in [0.25, 0.3) is 0 Å². The minimum absolute atomic E-state index is 0.0718. The fourth-order valence-electron chi connectivity index (χ4n) is 5.76. The number of carbonyl (C=O) groups excluding carboxylic acids is 1. The van der Waals surface area contributed by atoms with Crippen molar-refractivity contribution >= 4 is 5.78 Å². The molecule has 4 aliphatic carbocycles. The van der Waals surface area contributed by atoms with Crippen LogP contribution in [0, 0.1) is 29.1 Å². The number of hydrogen-bond donors (Lipinski definition) is 0. The van der Waals surface area contributed by atoms with Crippen LogP contribution in [0.1, 0.15) is 39.0 Å². The smallest absolute Gasteiger partial charge is 0.162 e. The zero-order valence-electron chi connectivity index (χ0n) is 13.6. The average molecular weight is 298 g/mol. The topological polar surface area (TPSA) is 26.3 Å². The van der Waals surface area contributed by atoms with Gasteiger partial charge < -0.3 is 4.74 Å². The Kier molecular flexibility index (Phi) is 3.41. The maximum atomic E-state index is 12.5. The number of methoxy groups -OCH3 is 1. The van der Waals surface area contributed by atoms with Crippen molar-refractivity contribution in [2.75, 3.05) is 7.11 Å². The summed E-state index contributed by atoms with van der Waals surface area (Å²) in [6, 6.07) is 0. The third-order valence-electron chi connectivity index (χ3n) is 7.01. The van der Waals surface area contributed by atoms with Crippen LogP contribution < -0.4 is 0 Å². The van der Waals surface area contributed by atoms with Crippen LogP contribution in [-0.2, 0) is 9.53 Å². The van der Waals surface area contributed by atoms with E-state index in [-0.39, 0.29) is 11.5 Å². The fourth-order valence-corrected chi connectivity index (χ4v) is 5.76. The highest BCUT2D eigenvalue weighted by Crippen LogP contribution is 2.59. The molecular weight excluding hydrogens is 272 g/mol. The Bertz CT molecular complexity index is 570. The second kappa shape index (κ2) is 5.19. The van der Waals surface area contributed by atoms with Crippen molar-refractivity contribution in [3.05, 3.63) is 36.0 Å². The first kappa shape index (κ1) is 14.4. The molecule has 2 nitrogen and oxygen atoms in total. The molecule has 0 aliphatic heterocycles. The predicted octanol–water partition coefficient (Wildman–Crippen LogP) is 4.09. The minimum Gasteiger partial charge on any atom is -0.377 e. The van der Waals surface area contributed by atoms with E-state index in [1.165, 1.54) is 12.0 Å². The number of carbonyl (C=O) groups is 1. The normalized spacial score (nSPS) is 46.0. The zero-order valence-corrected chi connectivity index (χ0v) is 13.6. The lowest BCUT2D eigenvalue weighted by molar-refractivity contribution is -0.130. The molecule has 0 amide bonds. The third kappa shape index (κ3) is 1.86. The molecule has 0 saturated heterocycles. The van der Waals surface area contributed by atoms with Gasteiger partial charge in [-0.3, -0.25) is 4.79 Å². The number of allylic oxidation sites excluding steroid dienone is 5. The van der Waals surface area contributed by atoms with E-state index < -0.39 is 0 Å². The number of hydrogen-bond acceptors (Lipinski definition) is 2. The summed E-state index contributed by atoms with van der Waals surface area (Å²) in [5.41, 5.74) is 1.45. The Morgan fingerprint density at radius 3 is 2.91 bits per heavy atom. The second-order valence-electron chi connectivity index (χ2n) is 7.54. The summed E-state index contributed by atoms with van der Waals surface area (Å²) >= 11 is 0. The zero-order chi connectivity index (χ0) is 15.3. The molecule has 0 heterocycles. The van der Waals surface area contributed by atoms with Gasteiger partial charge in [-0.2, -0.15) is 0 Å². The summed E-state index contributed by atoms with van der Waals surface area (Å²) in [6.07, 6.45) is 16.9. The molecule has 1 unspecified atom stereocenters. The minimum atomic E-state index is -0.0718. The Labute approximate surface area is 133 Å². The lowest BCUT2D eigenvalue weighted by Crippen LogP contribution is -2.47. The number of ketones is 1. The van der Waals surface area contributed by atoms with Gasteiger partial charge in [-0.25, -0.2) is 0 Å². The highest BCUT2D eigenvalue weighted by molar-refractivity contribution is 5.98. The highest BCUT2D eigenvalue weighted by atomic mass is 16.5. The Morgan fingerprint density at radius 2 is 2.14 bits per heavy atom. The van der Waals surface area contributed by atoms with E-state index in [0.717, 1.165) is 31.6 Å². The molecule has 0 bridgehead atoms. The molecule has 6 atom stereocenters. The lowest BCUT2D eigenvalue weighted by Gasteiger charge is -2.51. The summed E-state index contributed by atoms with van der Waals surface area (Å²) in [7, 11) is 1.81. The summed E-state index contributed by atoms with van der Waals surface area (Å²) in [6.45, 7) is 2.20. The molecule has 4 aliphatic rings. The molecule has 0 spiro atoms. The molecule has 0 radical (unpaired) electrons. The van der Waals surface area contributed by atoms with Gasteiger partial charge in [0.15, 0.2) is 5.78 Å². The molecule has 118 valence electrons. The first-order valence-electron chi connectivity index (χ1n) is 8.83. The Morgan fingerprint density at radius 1 is 1.27 bits per heavy atom. The predicted molar refractivity (Wildman–Crippen MR) is 87.3 cm³/mol. The van der Waals surface area contributed by atoms with Gasteiger partial charge in [0.2, 0.25) is 0 Å². The molecule has 0 aromatic rings. The van der Waals surface area contributed by atoms with Crippen LogP contribution in [0.3, 0.4) is 0 Å². The van der Waals surface area contributed by atoms with E-state index >= 15 is 0 Å². The van der Waals surface area contributed by atoms with Gasteiger partial charge in [0, 0.05) is 12.5 Å². The third-order valence-corrected chi connectivity index (χ3v) is 7.01. The van der Waals surface area contributed by atoms with Gasteiger partial charge in [-0.05, 0) is 67.4 Å². The Hall–Kier alpha value is -1.15. The van der Waals surface area contributed by atoms with Crippen molar-refractivity contribution in [1.82, 2.24) is 0 Å². The number of fused-ring (bicyclic) bond motifs is 5. The molecule has 1 fully saturated rings. The van der Waals surface area contributed by atoms with Crippen molar-refractivity contribution in [1.29, 1.82) is 0 Å². The molecule has 1 saturated carbocycles. The van der Waals surface area contributed by atoms with Crippen LogP contribution in [0.4, 0.5) is 0 Å². The second-order valence-corrected chi connectivity index (χ2v) is 7.54. The number of ether oxygens (including phenoxy) is 1. The maximum Gasteiger partial charge on any atom is 0.162 e. The quantitative estimate of drug-likeness (QED) is 0.767. The SMILES string of the molecule is CC[C@]12CC[C@H]3[C@@H](CC=C4C=CC(OC)C[C@@H]43)[C@@H]1C=CC2=O. The van der Waals surface area contributed by atoms with E-state index in [9.17, 15) is 4.79 Å². The molecule has 4 rings (SSSR count). The summed E-state index contributed by atoms with van der Waals surface area (Å²) in [5, 5.41) is 0. The van der Waals surface area contributed by atoms with Crippen LogP contribution in [0.5, 0.6) is 0 Å².